The average molecular weight is 395 g/mol. The standard InChI is InChI=1S/C23H26N2O2S/c1-17(18-5-6-20-15-21(27-2)8-7-19(20)14-18)23(26)25-11-9-24(10-12-25)16-22-4-3-13-28-22/h3-8,13-15,17H,9-12,16H2,1-2H3/t17-/m1/s1. The number of amides is 1. The first-order chi connectivity index (χ1) is 13.6. The average Bonchev–Trinajstić information content (AvgIpc) is 3.25. The van der Waals surface area contributed by atoms with Gasteiger partial charge in [0.05, 0.1) is 13.0 Å². The van der Waals surface area contributed by atoms with Crippen LogP contribution < -0.4 is 4.74 Å². The van der Waals surface area contributed by atoms with Crippen molar-refractivity contribution >= 4 is 28.0 Å². The molecule has 4 rings (SSSR count). The number of fused-ring (bicyclic) bond motifs is 1. The Kier molecular flexibility index (Phi) is 5.64. The van der Waals surface area contributed by atoms with Gasteiger partial charge < -0.3 is 9.64 Å². The molecule has 28 heavy (non-hydrogen) atoms. The number of methoxy groups -OCH3 is 1. The molecule has 0 bridgehead atoms. The second-order valence-corrected chi connectivity index (χ2v) is 8.41. The highest BCUT2D eigenvalue weighted by Gasteiger charge is 2.26. The van der Waals surface area contributed by atoms with Crippen LogP contribution in [0, 0.1) is 0 Å². The minimum absolute atomic E-state index is 0.129. The summed E-state index contributed by atoms with van der Waals surface area (Å²) in [5.41, 5.74) is 1.07. The molecule has 1 saturated heterocycles. The van der Waals surface area contributed by atoms with Crippen LogP contribution in [0.15, 0.2) is 53.9 Å². The molecule has 1 aliphatic rings. The topological polar surface area (TPSA) is 32.8 Å². The Labute approximate surface area is 170 Å². The molecule has 4 nitrogen and oxygen atoms in total. The van der Waals surface area contributed by atoms with Gasteiger partial charge in [-0.2, -0.15) is 0 Å². The molecule has 2 aromatic carbocycles. The zero-order valence-electron chi connectivity index (χ0n) is 16.4. The predicted molar refractivity (Wildman–Crippen MR) is 115 cm³/mol. The molecule has 1 aliphatic heterocycles. The zero-order chi connectivity index (χ0) is 19.5. The molecule has 1 fully saturated rings. The summed E-state index contributed by atoms with van der Waals surface area (Å²) in [6.45, 7) is 6.49. The fourth-order valence-corrected chi connectivity index (χ4v) is 4.55. The smallest absolute Gasteiger partial charge is 0.229 e. The number of piperazine rings is 1. The molecule has 1 atom stereocenters. The monoisotopic (exact) mass is 394 g/mol. The van der Waals surface area contributed by atoms with Gasteiger partial charge in [-0.1, -0.05) is 30.3 Å². The van der Waals surface area contributed by atoms with Crippen molar-refractivity contribution < 1.29 is 9.53 Å². The number of thiophene rings is 1. The number of carbonyl (C=O) groups is 1. The Bertz CT molecular complexity index is 946. The summed E-state index contributed by atoms with van der Waals surface area (Å²) in [7, 11) is 1.68. The van der Waals surface area contributed by atoms with Crippen molar-refractivity contribution in [2.75, 3.05) is 33.3 Å². The van der Waals surface area contributed by atoms with Crippen molar-refractivity contribution in [3.63, 3.8) is 0 Å². The minimum Gasteiger partial charge on any atom is -0.497 e. The Morgan fingerprint density at radius 2 is 1.82 bits per heavy atom. The van der Waals surface area contributed by atoms with Crippen molar-refractivity contribution in [1.82, 2.24) is 9.80 Å². The minimum atomic E-state index is -0.129. The molecule has 1 amide bonds. The van der Waals surface area contributed by atoms with Crippen LogP contribution in [0.1, 0.15) is 23.3 Å². The van der Waals surface area contributed by atoms with Crippen LogP contribution in [0.2, 0.25) is 0 Å². The van der Waals surface area contributed by atoms with Crippen molar-refractivity contribution in [2.24, 2.45) is 0 Å². The highest BCUT2D eigenvalue weighted by atomic mass is 32.1. The maximum absolute atomic E-state index is 13.0. The van der Waals surface area contributed by atoms with Gasteiger partial charge in [-0.25, -0.2) is 0 Å². The van der Waals surface area contributed by atoms with Gasteiger partial charge in [0.1, 0.15) is 5.75 Å². The van der Waals surface area contributed by atoms with Gasteiger partial charge in [-0.15, -0.1) is 11.3 Å². The third kappa shape index (κ3) is 4.05. The van der Waals surface area contributed by atoms with E-state index >= 15 is 0 Å². The molecule has 3 aromatic rings. The van der Waals surface area contributed by atoms with Crippen molar-refractivity contribution in [1.29, 1.82) is 0 Å². The summed E-state index contributed by atoms with van der Waals surface area (Å²) in [4.78, 5) is 18.9. The van der Waals surface area contributed by atoms with Crippen LogP contribution in [-0.4, -0.2) is 49.0 Å². The number of ether oxygens (including phenoxy) is 1. The summed E-state index contributed by atoms with van der Waals surface area (Å²) < 4.78 is 5.29. The second-order valence-electron chi connectivity index (χ2n) is 7.38. The number of benzene rings is 2. The molecule has 0 saturated carbocycles. The number of carbonyl (C=O) groups excluding carboxylic acids is 1. The lowest BCUT2D eigenvalue weighted by Crippen LogP contribution is -2.49. The molecule has 1 aromatic heterocycles. The van der Waals surface area contributed by atoms with E-state index in [1.54, 1.807) is 18.4 Å². The lowest BCUT2D eigenvalue weighted by molar-refractivity contribution is -0.134. The van der Waals surface area contributed by atoms with Crippen molar-refractivity contribution in [3.8, 4) is 5.75 Å². The highest BCUT2D eigenvalue weighted by molar-refractivity contribution is 7.09. The van der Waals surface area contributed by atoms with E-state index in [2.05, 4.69) is 46.7 Å². The number of hydrogen-bond donors (Lipinski definition) is 0. The lowest BCUT2D eigenvalue weighted by Gasteiger charge is -2.35. The Morgan fingerprint density at radius 1 is 1.07 bits per heavy atom. The van der Waals surface area contributed by atoms with Crippen molar-refractivity contribution in [3.05, 3.63) is 64.4 Å². The third-order valence-electron chi connectivity index (χ3n) is 5.59. The first kappa shape index (κ1) is 19.0. The molecular formula is C23H26N2O2S. The maximum Gasteiger partial charge on any atom is 0.229 e. The molecule has 0 radical (unpaired) electrons. The van der Waals surface area contributed by atoms with Gasteiger partial charge >= 0.3 is 0 Å². The summed E-state index contributed by atoms with van der Waals surface area (Å²) in [6, 6.07) is 16.6. The van der Waals surface area contributed by atoms with E-state index in [4.69, 9.17) is 4.74 Å². The van der Waals surface area contributed by atoms with Crippen LogP contribution in [0.4, 0.5) is 0 Å². The van der Waals surface area contributed by atoms with E-state index in [1.807, 2.05) is 24.0 Å². The zero-order valence-corrected chi connectivity index (χ0v) is 17.2. The largest absolute Gasteiger partial charge is 0.497 e. The predicted octanol–water partition coefficient (Wildman–Crippen LogP) is 4.36. The van der Waals surface area contributed by atoms with Gasteiger partial charge in [0.25, 0.3) is 0 Å². The van der Waals surface area contributed by atoms with Gasteiger partial charge in [0.2, 0.25) is 5.91 Å². The molecule has 0 unspecified atom stereocenters. The maximum atomic E-state index is 13.0. The SMILES string of the molecule is COc1ccc2cc([C@@H](C)C(=O)N3CCN(Cc4cccs4)CC3)ccc2c1. The molecule has 5 heteroatoms. The fourth-order valence-electron chi connectivity index (χ4n) is 3.80. The fraction of sp³-hybridized carbons (Fsp3) is 0.348. The van der Waals surface area contributed by atoms with E-state index < -0.39 is 0 Å². The van der Waals surface area contributed by atoms with Crippen LogP contribution in [-0.2, 0) is 11.3 Å². The van der Waals surface area contributed by atoms with Gasteiger partial charge in [0.15, 0.2) is 0 Å². The van der Waals surface area contributed by atoms with Gasteiger partial charge in [-0.3, -0.25) is 9.69 Å². The summed E-state index contributed by atoms with van der Waals surface area (Å²) in [5, 5.41) is 4.39. The number of nitrogens with zero attached hydrogens (tertiary/aromatic N) is 2. The van der Waals surface area contributed by atoms with Crippen LogP contribution in [0.5, 0.6) is 5.75 Å². The Hall–Kier alpha value is -2.37. The summed E-state index contributed by atoms with van der Waals surface area (Å²) in [5.74, 6) is 0.948. The molecule has 2 heterocycles. The van der Waals surface area contributed by atoms with Crippen LogP contribution >= 0.6 is 11.3 Å². The van der Waals surface area contributed by atoms with Crippen molar-refractivity contribution in [2.45, 2.75) is 19.4 Å². The molecule has 0 spiro atoms. The first-order valence-corrected chi connectivity index (χ1v) is 10.6. The normalized spacial score (nSPS) is 16.3. The van der Waals surface area contributed by atoms with E-state index in [1.165, 1.54) is 4.88 Å². The van der Waals surface area contributed by atoms with E-state index in [0.29, 0.717) is 0 Å². The second kappa shape index (κ2) is 8.33. The summed E-state index contributed by atoms with van der Waals surface area (Å²) in [6.07, 6.45) is 0. The first-order valence-electron chi connectivity index (χ1n) is 9.75. The molecule has 0 aliphatic carbocycles. The van der Waals surface area contributed by atoms with E-state index in [9.17, 15) is 4.79 Å². The van der Waals surface area contributed by atoms with Gasteiger partial charge in [-0.05, 0) is 46.8 Å². The molecular weight excluding hydrogens is 368 g/mol. The van der Waals surface area contributed by atoms with Crippen LogP contribution in [0.25, 0.3) is 10.8 Å². The number of rotatable bonds is 5. The Balaban J connectivity index is 1.40. The quantitative estimate of drug-likeness (QED) is 0.645. The van der Waals surface area contributed by atoms with E-state index in [0.717, 1.165) is 54.8 Å². The van der Waals surface area contributed by atoms with Crippen LogP contribution in [0.3, 0.4) is 0 Å². The summed E-state index contributed by atoms with van der Waals surface area (Å²) >= 11 is 1.80. The number of hydrogen-bond acceptors (Lipinski definition) is 4. The Morgan fingerprint density at radius 3 is 2.54 bits per heavy atom. The lowest BCUT2D eigenvalue weighted by atomic mass is 9.96. The van der Waals surface area contributed by atoms with E-state index in [-0.39, 0.29) is 11.8 Å². The molecule has 146 valence electrons. The molecule has 0 N–H and O–H groups in total. The van der Waals surface area contributed by atoms with Gasteiger partial charge in [0, 0.05) is 37.6 Å². The third-order valence-corrected chi connectivity index (χ3v) is 6.45. The highest BCUT2D eigenvalue weighted by Crippen LogP contribution is 2.26.